The molecule has 2 atom stereocenters. The Morgan fingerprint density at radius 1 is 1.25 bits per heavy atom. The molecule has 0 aliphatic carbocycles. The summed E-state index contributed by atoms with van der Waals surface area (Å²) in [7, 11) is 0. The zero-order chi connectivity index (χ0) is 20.3. The maximum absolute atomic E-state index is 13.8. The Morgan fingerprint density at radius 3 is 2.64 bits per heavy atom. The van der Waals surface area contributed by atoms with Crippen LogP contribution in [0.2, 0.25) is 0 Å². The van der Waals surface area contributed by atoms with Crippen molar-refractivity contribution < 1.29 is 18.8 Å². The molecular weight excluding hydrogens is 429 g/mol. The van der Waals surface area contributed by atoms with Gasteiger partial charge in [0.05, 0.1) is 11.7 Å². The Bertz CT molecular complexity index is 907. The zero-order valence-electron chi connectivity index (χ0n) is 15.1. The van der Waals surface area contributed by atoms with Crippen molar-refractivity contribution in [1.82, 2.24) is 10.2 Å². The molecule has 2 aromatic rings. The number of hydrogen-bond donors (Lipinski definition) is 2. The lowest BCUT2D eigenvalue weighted by atomic mass is 10.1. The first-order chi connectivity index (χ1) is 13.4. The van der Waals surface area contributed by atoms with E-state index in [4.69, 9.17) is 0 Å². The molecule has 0 spiro atoms. The van der Waals surface area contributed by atoms with Gasteiger partial charge in [-0.2, -0.15) is 0 Å². The fraction of sp³-hybridized carbons (Fsp3) is 0.250. The van der Waals surface area contributed by atoms with Gasteiger partial charge >= 0.3 is 6.03 Å². The highest BCUT2D eigenvalue weighted by Gasteiger charge is 2.40. The summed E-state index contributed by atoms with van der Waals surface area (Å²) in [4.78, 5) is 38.2. The number of anilines is 1. The van der Waals surface area contributed by atoms with Crippen molar-refractivity contribution in [3.63, 3.8) is 0 Å². The molecule has 0 radical (unpaired) electrons. The van der Waals surface area contributed by atoms with Crippen molar-refractivity contribution >= 4 is 39.5 Å². The molecule has 1 saturated heterocycles. The van der Waals surface area contributed by atoms with Gasteiger partial charge in [0.25, 0.3) is 5.91 Å². The number of benzene rings is 2. The molecule has 0 unspecified atom stereocenters. The molecule has 4 amide bonds. The minimum atomic E-state index is -0.779. The first-order valence-electron chi connectivity index (χ1n) is 8.80. The summed E-state index contributed by atoms with van der Waals surface area (Å²) >= 11 is 3.15. The van der Waals surface area contributed by atoms with Gasteiger partial charge in [-0.3, -0.25) is 14.5 Å². The van der Waals surface area contributed by atoms with Gasteiger partial charge in [0.1, 0.15) is 11.9 Å². The van der Waals surface area contributed by atoms with Crippen LogP contribution in [0.15, 0.2) is 53.0 Å². The SMILES string of the molecule is C[C@H](c1ccccc1)N1C(=O)N[C@@H](CCC(=O)Nc2ccc(Br)cc2F)C1=O. The summed E-state index contributed by atoms with van der Waals surface area (Å²) in [6, 6.07) is 11.9. The average molecular weight is 448 g/mol. The normalized spacial score (nSPS) is 17.4. The Hall–Kier alpha value is -2.74. The molecule has 6 nitrogen and oxygen atoms in total. The topological polar surface area (TPSA) is 78.5 Å². The van der Waals surface area contributed by atoms with Crippen LogP contribution in [0, 0.1) is 5.82 Å². The molecule has 1 aliphatic heterocycles. The largest absolute Gasteiger partial charge is 0.326 e. The van der Waals surface area contributed by atoms with E-state index in [1.807, 2.05) is 30.3 Å². The molecule has 2 aromatic carbocycles. The van der Waals surface area contributed by atoms with Gasteiger partial charge in [0.2, 0.25) is 5.91 Å². The highest BCUT2D eigenvalue weighted by Crippen LogP contribution is 2.25. The Kier molecular flexibility index (Phi) is 6.08. The van der Waals surface area contributed by atoms with Crippen LogP contribution in [0.5, 0.6) is 0 Å². The van der Waals surface area contributed by atoms with E-state index < -0.39 is 29.8 Å². The zero-order valence-corrected chi connectivity index (χ0v) is 16.7. The number of amides is 4. The molecule has 0 saturated carbocycles. The number of nitrogens with zero attached hydrogens (tertiary/aromatic N) is 1. The van der Waals surface area contributed by atoms with Crippen molar-refractivity contribution in [1.29, 1.82) is 0 Å². The second-order valence-electron chi connectivity index (χ2n) is 6.51. The van der Waals surface area contributed by atoms with Gasteiger partial charge in [-0.25, -0.2) is 9.18 Å². The molecular formula is C20H19BrFN3O3. The van der Waals surface area contributed by atoms with Crippen LogP contribution in [0.3, 0.4) is 0 Å². The van der Waals surface area contributed by atoms with E-state index in [1.54, 1.807) is 13.0 Å². The number of nitrogens with one attached hydrogen (secondary N) is 2. The first kappa shape index (κ1) is 20.0. The maximum Gasteiger partial charge on any atom is 0.325 e. The third kappa shape index (κ3) is 4.39. The van der Waals surface area contributed by atoms with Crippen LogP contribution in [0.25, 0.3) is 0 Å². The lowest BCUT2D eigenvalue weighted by Crippen LogP contribution is -2.34. The molecule has 2 N–H and O–H groups in total. The van der Waals surface area contributed by atoms with Crippen molar-refractivity contribution in [3.05, 3.63) is 64.4 Å². The lowest BCUT2D eigenvalue weighted by molar-refractivity contribution is -0.129. The van der Waals surface area contributed by atoms with E-state index in [9.17, 15) is 18.8 Å². The summed E-state index contributed by atoms with van der Waals surface area (Å²) in [6.07, 6.45) is 0.103. The predicted molar refractivity (Wildman–Crippen MR) is 106 cm³/mol. The Balaban J connectivity index is 1.58. The minimum Gasteiger partial charge on any atom is -0.326 e. The number of hydrogen-bond acceptors (Lipinski definition) is 3. The van der Waals surface area contributed by atoms with E-state index in [-0.39, 0.29) is 24.4 Å². The number of rotatable bonds is 6. The minimum absolute atomic E-state index is 0.0280. The first-order valence-corrected chi connectivity index (χ1v) is 9.59. The number of halogens is 2. The van der Waals surface area contributed by atoms with E-state index in [0.29, 0.717) is 4.47 Å². The number of urea groups is 1. The molecule has 8 heteroatoms. The molecule has 1 aliphatic rings. The van der Waals surface area contributed by atoms with Crippen molar-refractivity contribution in [2.75, 3.05) is 5.32 Å². The number of imide groups is 1. The fourth-order valence-electron chi connectivity index (χ4n) is 3.07. The molecule has 3 rings (SSSR count). The van der Waals surface area contributed by atoms with E-state index >= 15 is 0 Å². The average Bonchev–Trinajstić information content (AvgIpc) is 2.96. The predicted octanol–water partition coefficient (Wildman–Crippen LogP) is 3.99. The second-order valence-corrected chi connectivity index (χ2v) is 7.42. The van der Waals surface area contributed by atoms with Gasteiger partial charge in [0.15, 0.2) is 0 Å². The second kappa shape index (κ2) is 8.52. The highest BCUT2D eigenvalue weighted by molar-refractivity contribution is 9.10. The van der Waals surface area contributed by atoms with Crippen molar-refractivity contribution in [3.8, 4) is 0 Å². The summed E-state index contributed by atoms with van der Waals surface area (Å²) in [5.41, 5.74) is 0.907. The molecule has 28 heavy (non-hydrogen) atoms. The molecule has 0 bridgehead atoms. The third-order valence-electron chi connectivity index (χ3n) is 4.59. The Morgan fingerprint density at radius 2 is 1.96 bits per heavy atom. The summed E-state index contributed by atoms with van der Waals surface area (Å²) < 4.78 is 14.4. The van der Waals surface area contributed by atoms with Crippen LogP contribution in [-0.2, 0) is 9.59 Å². The van der Waals surface area contributed by atoms with E-state index in [1.165, 1.54) is 17.0 Å². The van der Waals surface area contributed by atoms with Crippen molar-refractivity contribution in [2.24, 2.45) is 0 Å². The Labute approximate surface area is 170 Å². The van der Waals surface area contributed by atoms with Crippen LogP contribution < -0.4 is 10.6 Å². The number of carbonyl (C=O) groups excluding carboxylic acids is 3. The molecule has 0 aromatic heterocycles. The van der Waals surface area contributed by atoms with E-state index in [0.717, 1.165) is 5.56 Å². The lowest BCUT2D eigenvalue weighted by Gasteiger charge is -2.21. The van der Waals surface area contributed by atoms with Gasteiger partial charge < -0.3 is 10.6 Å². The fourth-order valence-corrected chi connectivity index (χ4v) is 3.40. The van der Waals surface area contributed by atoms with Gasteiger partial charge in [-0.15, -0.1) is 0 Å². The summed E-state index contributed by atoms with van der Waals surface area (Å²) in [6.45, 7) is 1.78. The summed E-state index contributed by atoms with van der Waals surface area (Å²) in [5.74, 6) is -1.36. The monoisotopic (exact) mass is 447 g/mol. The smallest absolute Gasteiger partial charge is 0.325 e. The maximum atomic E-state index is 13.8. The standard InChI is InChI=1S/C20H19BrFN3O3/c1-12(13-5-3-2-4-6-13)25-19(27)17(24-20(25)28)9-10-18(26)23-16-8-7-14(21)11-15(16)22/h2-8,11-12,17H,9-10H2,1H3,(H,23,26)(H,24,28)/t12-,17+/m1/s1. The van der Waals surface area contributed by atoms with Gasteiger partial charge in [-0.1, -0.05) is 46.3 Å². The molecule has 1 fully saturated rings. The van der Waals surface area contributed by atoms with Gasteiger partial charge in [-0.05, 0) is 37.1 Å². The van der Waals surface area contributed by atoms with Crippen LogP contribution >= 0.6 is 15.9 Å². The van der Waals surface area contributed by atoms with Crippen LogP contribution in [0.1, 0.15) is 31.4 Å². The van der Waals surface area contributed by atoms with Crippen LogP contribution in [0.4, 0.5) is 14.9 Å². The summed E-state index contributed by atoms with van der Waals surface area (Å²) in [5, 5.41) is 5.09. The third-order valence-corrected chi connectivity index (χ3v) is 5.08. The van der Waals surface area contributed by atoms with E-state index in [2.05, 4.69) is 26.6 Å². The molecule has 146 valence electrons. The quantitative estimate of drug-likeness (QED) is 0.657. The highest BCUT2D eigenvalue weighted by atomic mass is 79.9. The van der Waals surface area contributed by atoms with Gasteiger partial charge in [0, 0.05) is 10.9 Å². The van der Waals surface area contributed by atoms with Crippen molar-refractivity contribution in [2.45, 2.75) is 31.8 Å². The number of carbonyl (C=O) groups is 3. The molecule has 1 heterocycles. The van der Waals surface area contributed by atoms with Crippen LogP contribution in [-0.4, -0.2) is 28.8 Å².